The number of aryl methyl sites for hydroxylation is 1. The summed E-state index contributed by atoms with van der Waals surface area (Å²) in [5.74, 6) is 0.822. The molecule has 0 aromatic heterocycles. The van der Waals surface area contributed by atoms with Gasteiger partial charge in [0.25, 0.3) is 0 Å². The topological polar surface area (TPSA) is 73.6 Å². The first kappa shape index (κ1) is 17.3. The first-order valence-electron chi connectivity index (χ1n) is 7.07. The van der Waals surface area contributed by atoms with E-state index in [0.717, 1.165) is 16.9 Å². The third-order valence-electron chi connectivity index (χ3n) is 2.83. The van der Waals surface area contributed by atoms with Crippen LogP contribution in [0.1, 0.15) is 31.9 Å². The molecular formula is C16H26N2O3. The van der Waals surface area contributed by atoms with Crippen LogP contribution in [0.5, 0.6) is 5.75 Å². The highest BCUT2D eigenvalue weighted by atomic mass is 16.6. The highest BCUT2D eigenvalue weighted by molar-refractivity contribution is 5.67. The average Bonchev–Trinajstić information content (AvgIpc) is 2.36. The number of hydrogen-bond donors (Lipinski definition) is 2. The summed E-state index contributed by atoms with van der Waals surface area (Å²) in [6.45, 7) is 7.83. The van der Waals surface area contributed by atoms with Gasteiger partial charge in [0.15, 0.2) is 0 Å². The molecule has 1 rings (SSSR count). The summed E-state index contributed by atoms with van der Waals surface area (Å²) >= 11 is 0. The largest absolute Gasteiger partial charge is 0.496 e. The molecular weight excluding hydrogens is 268 g/mol. The minimum absolute atomic E-state index is 0.200. The number of methoxy groups -OCH3 is 1. The summed E-state index contributed by atoms with van der Waals surface area (Å²) in [6, 6.07) is 5.80. The molecule has 0 aliphatic heterocycles. The van der Waals surface area contributed by atoms with Crippen LogP contribution in [0.4, 0.5) is 4.79 Å². The van der Waals surface area contributed by atoms with Crippen molar-refractivity contribution in [2.75, 3.05) is 13.7 Å². The number of ether oxygens (including phenoxy) is 2. The van der Waals surface area contributed by atoms with Gasteiger partial charge in [-0.2, -0.15) is 0 Å². The summed E-state index contributed by atoms with van der Waals surface area (Å²) in [6.07, 6.45) is 0.174. The third kappa shape index (κ3) is 6.49. The summed E-state index contributed by atoms with van der Waals surface area (Å²) in [7, 11) is 1.64. The number of carbonyl (C=O) groups excluding carboxylic acids is 1. The monoisotopic (exact) mass is 294 g/mol. The second-order valence-electron chi connectivity index (χ2n) is 6.16. The zero-order chi connectivity index (χ0) is 16.0. The molecule has 0 spiro atoms. The summed E-state index contributed by atoms with van der Waals surface area (Å²) in [5, 5.41) is 2.68. The molecule has 118 valence electrons. The van der Waals surface area contributed by atoms with Crippen molar-refractivity contribution in [3.05, 3.63) is 29.3 Å². The van der Waals surface area contributed by atoms with Crippen molar-refractivity contribution < 1.29 is 14.3 Å². The SMILES string of the molecule is COc1cc(C)ccc1CC(N)CNC(=O)OC(C)(C)C. The van der Waals surface area contributed by atoms with Crippen molar-refractivity contribution in [1.29, 1.82) is 0 Å². The van der Waals surface area contributed by atoms with Crippen LogP contribution in [0, 0.1) is 6.92 Å². The predicted molar refractivity (Wildman–Crippen MR) is 83.6 cm³/mol. The zero-order valence-electron chi connectivity index (χ0n) is 13.5. The standard InChI is InChI=1S/C16H26N2O3/c1-11-6-7-12(14(8-11)20-5)9-13(17)10-18-15(19)21-16(2,3)4/h6-8,13H,9-10,17H2,1-5H3,(H,18,19). The van der Waals surface area contributed by atoms with E-state index in [0.29, 0.717) is 13.0 Å². The molecule has 0 heterocycles. The van der Waals surface area contributed by atoms with Gasteiger partial charge in [-0.1, -0.05) is 12.1 Å². The first-order chi connectivity index (χ1) is 9.71. The maximum absolute atomic E-state index is 11.6. The van der Waals surface area contributed by atoms with Crippen molar-refractivity contribution in [3.8, 4) is 5.75 Å². The fraction of sp³-hybridized carbons (Fsp3) is 0.562. The number of amides is 1. The molecule has 1 unspecified atom stereocenters. The lowest BCUT2D eigenvalue weighted by Gasteiger charge is -2.21. The Labute approximate surface area is 126 Å². The molecule has 21 heavy (non-hydrogen) atoms. The zero-order valence-corrected chi connectivity index (χ0v) is 13.5. The average molecular weight is 294 g/mol. The molecule has 0 aliphatic carbocycles. The van der Waals surface area contributed by atoms with Crippen molar-refractivity contribution in [2.45, 2.75) is 45.8 Å². The lowest BCUT2D eigenvalue weighted by molar-refractivity contribution is 0.0524. The molecule has 5 heteroatoms. The number of hydrogen-bond acceptors (Lipinski definition) is 4. The van der Waals surface area contributed by atoms with Gasteiger partial charge in [-0.3, -0.25) is 0 Å². The summed E-state index contributed by atoms with van der Waals surface area (Å²) < 4.78 is 10.5. The van der Waals surface area contributed by atoms with Crippen molar-refractivity contribution in [2.24, 2.45) is 5.73 Å². The Morgan fingerprint density at radius 3 is 2.62 bits per heavy atom. The molecule has 5 nitrogen and oxygen atoms in total. The molecule has 0 saturated heterocycles. The van der Waals surface area contributed by atoms with Crippen LogP contribution in [0.3, 0.4) is 0 Å². The number of alkyl carbamates (subject to hydrolysis) is 1. The van der Waals surface area contributed by atoms with E-state index in [1.54, 1.807) is 7.11 Å². The van der Waals surface area contributed by atoms with E-state index >= 15 is 0 Å². The van der Waals surface area contributed by atoms with Crippen molar-refractivity contribution in [3.63, 3.8) is 0 Å². The molecule has 0 fully saturated rings. The normalized spacial score (nSPS) is 12.7. The Kier molecular flexibility index (Phi) is 6.03. The van der Waals surface area contributed by atoms with Crippen molar-refractivity contribution >= 4 is 6.09 Å². The van der Waals surface area contributed by atoms with Crippen LogP contribution in [0.25, 0.3) is 0 Å². The number of rotatable bonds is 5. The van der Waals surface area contributed by atoms with Gasteiger partial charge in [0.1, 0.15) is 11.4 Å². The Morgan fingerprint density at radius 1 is 1.38 bits per heavy atom. The van der Waals surface area contributed by atoms with Crippen LogP contribution < -0.4 is 15.8 Å². The molecule has 0 aliphatic rings. The Morgan fingerprint density at radius 2 is 2.05 bits per heavy atom. The van der Waals surface area contributed by atoms with Crippen LogP contribution in [-0.2, 0) is 11.2 Å². The quantitative estimate of drug-likeness (QED) is 0.874. The number of nitrogens with one attached hydrogen (secondary N) is 1. The van der Waals surface area contributed by atoms with E-state index < -0.39 is 11.7 Å². The minimum atomic E-state index is -0.506. The van der Waals surface area contributed by atoms with Crippen LogP contribution >= 0.6 is 0 Å². The van der Waals surface area contributed by atoms with Crippen LogP contribution in [0.2, 0.25) is 0 Å². The summed E-state index contributed by atoms with van der Waals surface area (Å²) in [5.41, 5.74) is 7.71. The molecule has 1 aromatic rings. The van der Waals surface area contributed by atoms with E-state index in [4.69, 9.17) is 15.2 Å². The van der Waals surface area contributed by atoms with Gasteiger partial charge in [0.05, 0.1) is 7.11 Å². The lowest BCUT2D eigenvalue weighted by Crippen LogP contribution is -2.41. The maximum atomic E-state index is 11.6. The minimum Gasteiger partial charge on any atom is -0.496 e. The number of carbonyl (C=O) groups is 1. The first-order valence-corrected chi connectivity index (χ1v) is 7.07. The van der Waals surface area contributed by atoms with E-state index in [1.165, 1.54) is 0 Å². The molecule has 0 saturated carbocycles. The second-order valence-corrected chi connectivity index (χ2v) is 6.16. The van der Waals surface area contributed by atoms with Crippen LogP contribution in [-0.4, -0.2) is 31.4 Å². The van der Waals surface area contributed by atoms with Crippen LogP contribution in [0.15, 0.2) is 18.2 Å². The van der Waals surface area contributed by atoms with Gasteiger partial charge in [-0.15, -0.1) is 0 Å². The molecule has 3 N–H and O–H groups in total. The van der Waals surface area contributed by atoms with Gasteiger partial charge in [-0.25, -0.2) is 4.79 Å². The molecule has 1 atom stereocenters. The van der Waals surface area contributed by atoms with Gasteiger partial charge >= 0.3 is 6.09 Å². The Hall–Kier alpha value is -1.75. The van der Waals surface area contributed by atoms with Gasteiger partial charge in [0.2, 0.25) is 0 Å². The number of benzene rings is 1. The fourth-order valence-corrected chi connectivity index (χ4v) is 1.90. The Bertz CT molecular complexity index is 481. The predicted octanol–water partition coefficient (Wildman–Crippen LogP) is 2.40. The van der Waals surface area contributed by atoms with E-state index in [9.17, 15) is 4.79 Å². The third-order valence-corrected chi connectivity index (χ3v) is 2.83. The van der Waals surface area contributed by atoms with Gasteiger partial charge < -0.3 is 20.5 Å². The Balaban J connectivity index is 2.51. The highest BCUT2D eigenvalue weighted by Gasteiger charge is 2.17. The maximum Gasteiger partial charge on any atom is 0.407 e. The molecule has 0 bridgehead atoms. The highest BCUT2D eigenvalue weighted by Crippen LogP contribution is 2.20. The number of nitrogens with two attached hydrogens (primary N) is 1. The summed E-state index contributed by atoms with van der Waals surface area (Å²) in [4.78, 5) is 11.6. The van der Waals surface area contributed by atoms with Gasteiger partial charge in [-0.05, 0) is 51.3 Å². The van der Waals surface area contributed by atoms with E-state index in [2.05, 4.69) is 5.32 Å². The second kappa shape index (κ2) is 7.31. The van der Waals surface area contributed by atoms with Crippen molar-refractivity contribution in [1.82, 2.24) is 5.32 Å². The molecule has 1 aromatic carbocycles. The van der Waals surface area contributed by atoms with E-state index in [-0.39, 0.29) is 6.04 Å². The van der Waals surface area contributed by atoms with Gasteiger partial charge in [0, 0.05) is 12.6 Å². The van der Waals surface area contributed by atoms with E-state index in [1.807, 2.05) is 45.9 Å². The fourth-order valence-electron chi connectivity index (χ4n) is 1.90. The molecule has 0 radical (unpaired) electrons. The molecule has 1 amide bonds. The lowest BCUT2D eigenvalue weighted by atomic mass is 10.0. The smallest absolute Gasteiger partial charge is 0.407 e.